The summed E-state index contributed by atoms with van der Waals surface area (Å²) in [5, 5.41) is 13.4. The lowest BCUT2D eigenvalue weighted by Crippen LogP contribution is -1.97. The van der Waals surface area contributed by atoms with E-state index in [0.717, 1.165) is 0 Å². The molecule has 0 saturated carbocycles. The summed E-state index contributed by atoms with van der Waals surface area (Å²) in [7, 11) is 1.53. The molecular formula is C17H11ClFN3O. The Hall–Kier alpha value is -2.84. The Bertz CT molecular complexity index is 937. The third-order valence-corrected chi connectivity index (χ3v) is 3.67. The molecule has 0 fully saturated rings. The Morgan fingerprint density at radius 1 is 1.26 bits per heavy atom. The maximum atomic E-state index is 13.6. The molecule has 0 aliphatic carbocycles. The van der Waals surface area contributed by atoms with Crippen LogP contribution in [0.25, 0.3) is 10.9 Å². The fourth-order valence-electron chi connectivity index (χ4n) is 2.27. The number of hydrogen-bond acceptors (Lipinski definition) is 4. The van der Waals surface area contributed by atoms with Crippen LogP contribution in [0.1, 0.15) is 5.56 Å². The molecule has 6 heteroatoms. The second-order valence-corrected chi connectivity index (χ2v) is 5.20. The second kappa shape index (κ2) is 6.11. The highest BCUT2D eigenvalue weighted by Crippen LogP contribution is 2.32. The smallest absolute Gasteiger partial charge is 0.137 e. The first kappa shape index (κ1) is 15.1. The van der Waals surface area contributed by atoms with Crippen molar-refractivity contribution in [1.29, 1.82) is 5.26 Å². The SMILES string of the molecule is COc1ccc(Nc2c(C#N)cnc3ccc(F)cc23)cc1Cl. The standard InChI is InChI=1S/C17H11ClFN3O/c1-23-16-5-3-12(7-14(16)18)22-17-10(8-20)9-21-15-4-2-11(19)6-13(15)17/h2-7,9H,1H3,(H,21,22). The van der Waals surface area contributed by atoms with Crippen molar-refractivity contribution in [3.05, 3.63) is 59.0 Å². The van der Waals surface area contributed by atoms with E-state index in [1.807, 2.05) is 0 Å². The molecule has 3 aromatic rings. The molecule has 0 unspecified atom stereocenters. The van der Waals surface area contributed by atoms with Crippen LogP contribution in [-0.2, 0) is 0 Å². The summed E-state index contributed by atoms with van der Waals surface area (Å²) >= 11 is 6.11. The number of fused-ring (bicyclic) bond motifs is 1. The highest BCUT2D eigenvalue weighted by molar-refractivity contribution is 6.32. The number of anilines is 2. The Morgan fingerprint density at radius 3 is 2.78 bits per heavy atom. The summed E-state index contributed by atoms with van der Waals surface area (Å²) in [6.45, 7) is 0. The van der Waals surface area contributed by atoms with Gasteiger partial charge in [-0.3, -0.25) is 4.98 Å². The topological polar surface area (TPSA) is 57.9 Å². The molecule has 0 atom stereocenters. The van der Waals surface area contributed by atoms with Gasteiger partial charge in [0.1, 0.15) is 17.6 Å². The van der Waals surface area contributed by atoms with E-state index in [4.69, 9.17) is 16.3 Å². The monoisotopic (exact) mass is 327 g/mol. The summed E-state index contributed by atoms with van der Waals surface area (Å²) in [5.74, 6) is 0.147. The van der Waals surface area contributed by atoms with Gasteiger partial charge in [0.2, 0.25) is 0 Å². The number of nitriles is 1. The molecule has 0 amide bonds. The number of hydrogen-bond donors (Lipinski definition) is 1. The summed E-state index contributed by atoms with van der Waals surface area (Å²) in [6.07, 6.45) is 1.45. The molecule has 2 aromatic carbocycles. The minimum Gasteiger partial charge on any atom is -0.495 e. The molecule has 114 valence electrons. The zero-order valence-electron chi connectivity index (χ0n) is 12.1. The lowest BCUT2D eigenvalue weighted by molar-refractivity contribution is 0.415. The first-order valence-corrected chi connectivity index (χ1v) is 7.09. The molecule has 0 bridgehead atoms. The van der Waals surface area contributed by atoms with Crippen LogP contribution in [0, 0.1) is 17.1 Å². The number of benzene rings is 2. The lowest BCUT2D eigenvalue weighted by Gasteiger charge is -2.12. The number of aromatic nitrogens is 1. The highest BCUT2D eigenvalue weighted by atomic mass is 35.5. The fraction of sp³-hybridized carbons (Fsp3) is 0.0588. The average Bonchev–Trinajstić information content (AvgIpc) is 2.55. The Balaban J connectivity index is 2.13. The predicted octanol–water partition coefficient (Wildman–Crippen LogP) is 4.65. The van der Waals surface area contributed by atoms with Gasteiger partial charge in [0, 0.05) is 17.3 Å². The summed E-state index contributed by atoms with van der Waals surface area (Å²) in [4.78, 5) is 4.17. The van der Waals surface area contributed by atoms with E-state index in [1.165, 1.54) is 25.4 Å². The molecule has 0 radical (unpaired) electrons. The molecule has 0 spiro atoms. The molecule has 0 aliphatic rings. The molecule has 0 saturated heterocycles. The van der Waals surface area contributed by atoms with Gasteiger partial charge in [0.25, 0.3) is 0 Å². The van der Waals surface area contributed by atoms with Crippen molar-refractivity contribution in [2.45, 2.75) is 0 Å². The van der Waals surface area contributed by atoms with E-state index in [2.05, 4.69) is 16.4 Å². The number of pyridine rings is 1. The fourth-order valence-corrected chi connectivity index (χ4v) is 2.53. The Morgan fingerprint density at radius 2 is 2.09 bits per heavy atom. The maximum Gasteiger partial charge on any atom is 0.137 e. The first-order valence-electron chi connectivity index (χ1n) is 6.71. The van der Waals surface area contributed by atoms with Crippen LogP contribution in [0.3, 0.4) is 0 Å². The largest absolute Gasteiger partial charge is 0.495 e. The Labute approximate surface area is 137 Å². The normalized spacial score (nSPS) is 10.3. The van der Waals surface area contributed by atoms with E-state index in [0.29, 0.717) is 38.6 Å². The molecule has 3 rings (SSSR count). The highest BCUT2D eigenvalue weighted by Gasteiger charge is 2.11. The van der Waals surface area contributed by atoms with Gasteiger partial charge in [0.15, 0.2) is 0 Å². The second-order valence-electron chi connectivity index (χ2n) is 4.79. The number of nitrogens with one attached hydrogen (secondary N) is 1. The molecule has 1 N–H and O–H groups in total. The quantitative estimate of drug-likeness (QED) is 0.760. The van der Waals surface area contributed by atoms with Crippen LogP contribution in [-0.4, -0.2) is 12.1 Å². The number of methoxy groups -OCH3 is 1. The summed E-state index contributed by atoms with van der Waals surface area (Å²) < 4.78 is 18.7. The van der Waals surface area contributed by atoms with E-state index in [1.54, 1.807) is 24.3 Å². The van der Waals surface area contributed by atoms with Crippen LogP contribution >= 0.6 is 11.6 Å². The molecule has 1 heterocycles. The summed E-state index contributed by atoms with van der Waals surface area (Å²) in [6, 6.07) is 11.4. The number of rotatable bonds is 3. The van der Waals surface area contributed by atoms with Gasteiger partial charge in [0.05, 0.1) is 28.9 Å². The predicted molar refractivity (Wildman–Crippen MR) is 87.7 cm³/mol. The Kier molecular flexibility index (Phi) is 4.00. The molecule has 1 aromatic heterocycles. The van der Waals surface area contributed by atoms with Gasteiger partial charge in [-0.2, -0.15) is 5.26 Å². The zero-order chi connectivity index (χ0) is 16.4. The third-order valence-electron chi connectivity index (χ3n) is 3.37. The van der Waals surface area contributed by atoms with Gasteiger partial charge < -0.3 is 10.1 Å². The van der Waals surface area contributed by atoms with Crippen LogP contribution in [0.5, 0.6) is 5.75 Å². The van der Waals surface area contributed by atoms with Gasteiger partial charge in [-0.1, -0.05) is 11.6 Å². The van der Waals surface area contributed by atoms with Gasteiger partial charge >= 0.3 is 0 Å². The van der Waals surface area contributed by atoms with E-state index < -0.39 is 5.82 Å². The number of halogens is 2. The van der Waals surface area contributed by atoms with E-state index in [-0.39, 0.29) is 0 Å². The van der Waals surface area contributed by atoms with E-state index in [9.17, 15) is 9.65 Å². The van der Waals surface area contributed by atoms with Crippen molar-refractivity contribution in [3.63, 3.8) is 0 Å². The van der Waals surface area contributed by atoms with Crippen LogP contribution in [0.4, 0.5) is 15.8 Å². The lowest BCUT2D eigenvalue weighted by atomic mass is 10.1. The molecule has 0 aliphatic heterocycles. The van der Waals surface area contributed by atoms with Crippen LogP contribution < -0.4 is 10.1 Å². The van der Waals surface area contributed by atoms with Crippen molar-refractivity contribution >= 4 is 33.9 Å². The van der Waals surface area contributed by atoms with Crippen molar-refractivity contribution in [2.24, 2.45) is 0 Å². The van der Waals surface area contributed by atoms with Crippen molar-refractivity contribution in [2.75, 3.05) is 12.4 Å². The van der Waals surface area contributed by atoms with Crippen molar-refractivity contribution < 1.29 is 9.13 Å². The zero-order valence-corrected chi connectivity index (χ0v) is 12.9. The van der Waals surface area contributed by atoms with Crippen LogP contribution in [0.15, 0.2) is 42.6 Å². The van der Waals surface area contributed by atoms with Crippen molar-refractivity contribution in [1.82, 2.24) is 4.98 Å². The maximum absolute atomic E-state index is 13.6. The summed E-state index contributed by atoms with van der Waals surface area (Å²) in [5.41, 5.74) is 2.05. The number of nitrogens with zero attached hydrogens (tertiary/aromatic N) is 2. The molecule has 23 heavy (non-hydrogen) atoms. The van der Waals surface area contributed by atoms with Crippen LogP contribution in [0.2, 0.25) is 5.02 Å². The number of ether oxygens (including phenoxy) is 1. The first-order chi connectivity index (χ1) is 11.1. The van der Waals surface area contributed by atoms with Gasteiger partial charge in [-0.05, 0) is 36.4 Å². The average molecular weight is 328 g/mol. The van der Waals surface area contributed by atoms with Crippen molar-refractivity contribution in [3.8, 4) is 11.8 Å². The van der Waals surface area contributed by atoms with E-state index >= 15 is 0 Å². The molecule has 4 nitrogen and oxygen atoms in total. The molecular weight excluding hydrogens is 317 g/mol. The minimum absolute atomic E-state index is 0.315. The van der Waals surface area contributed by atoms with Gasteiger partial charge in [-0.25, -0.2) is 4.39 Å². The third kappa shape index (κ3) is 2.89. The minimum atomic E-state index is -0.398. The van der Waals surface area contributed by atoms with Gasteiger partial charge in [-0.15, -0.1) is 0 Å².